The lowest BCUT2D eigenvalue weighted by atomic mass is 9.98. The predicted octanol–water partition coefficient (Wildman–Crippen LogP) is 2.78. The number of likely N-dealkylation sites (tertiary alicyclic amines) is 1. The molecule has 3 fully saturated rings. The van der Waals surface area contributed by atoms with Gasteiger partial charge in [0.1, 0.15) is 0 Å². The summed E-state index contributed by atoms with van der Waals surface area (Å²) in [6.07, 6.45) is 11.7. The van der Waals surface area contributed by atoms with Gasteiger partial charge in [-0.1, -0.05) is 26.2 Å². The monoisotopic (exact) mass is 236 g/mol. The molecule has 4 atom stereocenters. The van der Waals surface area contributed by atoms with Crippen molar-refractivity contribution < 1.29 is 0 Å². The van der Waals surface area contributed by atoms with Crippen molar-refractivity contribution in [3.63, 3.8) is 0 Å². The Morgan fingerprint density at radius 3 is 2.65 bits per heavy atom. The lowest BCUT2D eigenvalue weighted by Gasteiger charge is -2.39. The van der Waals surface area contributed by atoms with Crippen molar-refractivity contribution in [3.05, 3.63) is 0 Å². The van der Waals surface area contributed by atoms with Gasteiger partial charge in [-0.3, -0.25) is 4.90 Å². The largest absolute Gasteiger partial charge is 0.313 e. The zero-order valence-corrected chi connectivity index (χ0v) is 11.3. The van der Waals surface area contributed by atoms with Crippen LogP contribution in [0, 0.1) is 5.92 Å². The molecule has 2 aliphatic carbocycles. The molecule has 1 heterocycles. The van der Waals surface area contributed by atoms with Crippen molar-refractivity contribution in [2.75, 3.05) is 13.1 Å². The maximum atomic E-state index is 3.77. The summed E-state index contributed by atoms with van der Waals surface area (Å²) in [5.74, 6) is 1.05. The van der Waals surface area contributed by atoms with E-state index in [4.69, 9.17) is 0 Å². The van der Waals surface area contributed by atoms with Crippen LogP contribution in [0.3, 0.4) is 0 Å². The quantitative estimate of drug-likeness (QED) is 0.758. The van der Waals surface area contributed by atoms with Gasteiger partial charge in [-0.25, -0.2) is 0 Å². The van der Waals surface area contributed by atoms with Gasteiger partial charge in [-0.05, 0) is 44.6 Å². The third kappa shape index (κ3) is 2.39. The fourth-order valence-electron chi connectivity index (χ4n) is 4.55. The first-order valence-electron chi connectivity index (χ1n) is 7.87. The minimum atomic E-state index is 0.779. The van der Waals surface area contributed by atoms with E-state index >= 15 is 0 Å². The standard InChI is InChI=1S/C15H28N2/c1-2-16-14-6-4-3-5-7-15(14)17-11-12-8-9-13(17)10-12/h12-16H,2-11H2,1H3. The summed E-state index contributed by atoms with van der Waals surface area (Å²) in [5.41, 5.74) is 0. The molecule has 98 valence electrons. The first-order chi connectivity index (χ1) is 8.38. The van der Waals surface area contributed by atoms with Gasteiger partial charge in [0.05, 0.1) is 0 Å². The van der Waals surface area contributed by atoms with Gasteiger partial charge in [-0.2, -0.15) is 0 Å². The van der Waals surface area contributed by atoms with Crippen LogP contribution in [0.15, 0.2) is 0 Å². The molecule has 0 aromatic rings. The normalized spacial score (nSPS) is 42.9. The summed E-state index contributed by atoms with van der Waals surface area (Å²) in [6, 6.07) is 2.58. The molecule has 2 nitrogen and oxygen atoms in total. The number of fused-ring (bicyclic) bond motifs is 2. The van der Waals surface area contributed by atoms with Crippen LogP contribution >= 0.6 is 0 Å². The molecule has 1 aliphatic heterocycles. The zero-order chi connectivity index (χ0) is 11.7. The summed E-state index contributed by atoms with van der Waals surface area (Å²) in [5, 5.41) is 3.77. The molecule has 0 aromatic carbocycles. The second kappa shape index (κ2) is 5.27. The lowest BCUT2D eigenvalue weighted by molar-refractivity contribution is 0.112. The van der Waals surface area contributed by atoms with Crippen LogP contribution in [0.5, 0.6) is 0 Å². The minimum absolute atomic E-state index is 0.779. The number of nitrogens with one attached hydrogen (secondary N) is 1. The van der Waals surface area contributed by atoms with Gasteiger partial charge < -0.3 is 5.32 Å². The molecule has 0 aromatic heterocycles. The van der Waals surface area contributed by atoms with E-state index in [0.717, 1.165) is 30.6 Å². The van der Waals surface area contributed by atoms with Crippen LogP contribution in [0.4, 0.5) is 0 Å². The van der Waals surface area contributed by atoms with Crippen molar-refractivity contribution in [1.29, 1.82) is 0 Å². The predicted molar refractivity (Wildman–Crippen MR) is 72.2 cm³/mol. The van der Waals surface area contributed by atoms with E-state index in [9.17, 15) is 0 Å². The van der Waals surface area contributed by atoms with Crippen molar-refractivity contribution in [3.8, 4) is 0 Å². The maximum absolute atomic E-state index is 3.77. The van der Waals surface area contributed by atoms with Crippen LogP contribution in [0.1, 0.15) is 58.3 Å². The van der Waals surface area contributed by atoms with E-state index in [1.165, 1.54) is 57.9 Å². The van der Waals surface area contributed by atoms with E-state index in [1.807, 2.05) is 0 Å². The molecule has 0 spiro atoms. The Labute approximate surface area is 106 Å². The Kier molecular flexibility index (Phi) is 3.72. The summed E-state index contributed by atoms with van der Waals surface area (Å²) >= 11 is 0. The van der Waals surface area contributed by atoms with Gasteiger partial charge in [-0.15, -0.1) is 0 Å². The lowest BCUT2D eigenvalue weighted by Crippen LogP contribution is -2.52. The van der Waals surface area contributed by atoms with Crippen molar-refractivity contribution in [2.45, 2.75) is 76.4 Å². The average molecular weight is 236 g/mol. The molecule has 3 rings (SSSR count). The number of hydrogen-bond donors (Lipinski definition) is 1. The molecular weight excluding hydrogens is 208 g/mol. The average Bonchev–Trinajstić information content (AvgIpc) is 2.88. The molecule has 2 bridgehead atoms. The van der Waals surface area contributed by atoms with Crippen LogP contribution in [-0.2, 0) is 0 Å². The van der Waals surface area contributed by atoms with E-state index in [-0.39, 0.29) is 0 Å². The third-order valence-electron chi connectivity index (χ3n) is 5.32. The Morgan fingerprint density at radius 1 is 1.06 bits per heavy atom. The van der Waals surface area contributed by atoms with E-state index in [1.54, 1.807) is 0 Å². The fraction of sp³-hybridized carbons (Fsp3) is 1.00. The van der Waals surface area contributed by atoms with Crippen LogP contribution in [-0.4, -0.2) is 36.1 Å². The molecule has 1 N–H and O–H groups in total. The van der Waals surface area contributed by atoms with Crippen LogP contribution in [0.25, 0.3) is 0 Å². The van der Waals surface area contributed by atoms with Crippen LogP contribution < -0.4 is 5.32 Å². The SMILES string of the molecule is CCNC1CCCCCC1N1CC2CCC1C2. The summed E-state index contributed by atoms with van der Waals surface area (Å²) < 4.78 is 0. The van der Waals surface area contributed by atoms with Gasteiger partial charge in [0.15, 0.2) is 0 Å². The first kappa shape index (κ1) is 12.0. The highest BCUT2D eigenvalue weighted by Crippen LogP contribution is 2.40. The van der Waals surface area contributed by atoms with Crippen molar-refractivity contribution in [2.24, 2.45) is 5.92 Å². The Bertz CT molecular complexity index is 253. The van der Waals surface area contributed by atoms with Crippen LogP contribution in [0.2, 0.25) is 0 Å². The number of nitrogens with zero attached hydrogens (tertiary/aromatic N) is 1. The smallest absolute Gasteiger partial charge is 0.0252 e. The molecule has 0 amide bonds. The third-order valence-corrected chi connectivity index (χ3v) is 5.32. The highest BCUT2D eigenvalue weighted by Gasteiger charge is 2.42. The number of hydrogen-bond acceptors (Lipinski definition) is 2. The highest BCUT2D eigenvalue weighted by atomic mass is 15.2. The summed E-state index contributed by atoms with van der Waals surface area (Å²) in [6.45, 7) is 4.82. The summed E-state index contributed by atoms with van der Waals surface area (Å²) in [7, 11) is 0. The number of rotatable bonds is 3. The Hall–Kier alpha value is -0.0800. The van der Waals surface area contributed by atoms with Gasteiger partial charge >= 0.3 is 0 Å². The Morgan fingerprint density at radius 2 is 1.94 bits per heavy atom. The van der Waals surface area contributed by atoms with Crippen molar-refractivity contribution in [1.82, 2.24) is 10.2 Å². The van der Waals surface area contributed by atoms with Gasteiger partial charge in [0, 0.05) is 24.7 Å². The number of piperidine rings is 1. The Balaban J connectivity index is 1.69. The number of likely N-dealkylation sites (N-methyl/N-ethyl adjacent to an activating group) is 1. The fourth-order valence-corrected chi connectivity index (χ4v) is 4.55. The molecule has 2 saturated carbocycles. The molecule has 2 heteroatoms. The van der Waals surface area contributed by atoms with Gasteiger partial charge in [0.2, 0.25) is 0 Å². The van der Waals surface area contributed by atoms with E-state index in [2.05, 4.69) is 17.1 Å². The molecule has 0 radical (unpaired) electrons. The molecule has 17 heavy (non-hydrogen) atoms. The van der Waals surface area contributed by atoms with Gasteiger partial charge in [0.25, 0.3) is 0 Å². The maximum Gasteiger partial charge on any atom is 0.0252 e. The molecular formula is C15H28N2. The first-order valence-corrected chi connectivity index (χ1v) is 7.87. The second-order valence-corrected chi connectivity index (χ2v) is 6.40. The topological polar surface area (TPSA) is 15.3 Å². The molecule has 1 saturated heterocycles. The minimum Gasteiger partial charge on any atom is -0.313 e. The molecule has 3 aliphatic rings. The summed E-state index contributed by atoms with van der Waals surface area (Å²) in [4.78, 5) is 2.90. The molecule has 4 unspecified atom stereocenters. The van der Waals surface area contributed by atoms with E-state index in [0.29, 0.717) is 0 Å². The second-order valence-electron chi connectivity index (χ2n) is 6.40. The zero-order valence-electron chi connectivity index (χ0n) is 11.3. The van der Waals surface area contributed by atoms with Crippen molar-refractivity contribution >= 4 is 0 Å². The highest BCUT2D eigenvalue weighted by molar-refractivity contribution is 4.98. The van der Waals surface area contributed by atoms with E-state index < -0.39 is 0 Å².